The molecule has 1 nitrogen and oxygen atoms in total. The lowest BCUT2D eigenvalue weighted by Crippen LogP contribution is -2.11. The SMILES string of the molecule is COc1ccc(Br)c(CC(CCl)Cc2cccc(C)c2)c1. The summed E-state index contributed by atoms with van der Waals surface area (Å²) in [5, 5.41) is 0. The molecule has 0 spiro atoms. The molecule has 2 rings (SSSR count). The second kappa shape index (κ2) is 7.86. The van der Waals surface area contributed by atoms with Gasteiger partial charge in [0.1, 0.15) is 5.75 Å². The van der Waals surface area contributed by atoms with Gasteiger partial charge in [-0.15, -0.1) is 11.6 Å². The molecule has 1 unspecified atom stereocenters. The molecule has 1 atom stereocenters. The Morgan fingerprint density at radius 3 is 2.62 bits per heavy atom. The third-order valence-corrected chi connectivity index (χ3v) is 4.80. The monoisotopic (exact) mass is 366 g/mol. The summed E-state index contributed by atoms with van der Waals surface area (Å²) >= 11 is 9.80. The van der Waals surface area contributed by atoms with E-state index in [4.69, 9.17) is 16.3 Å². The molecule has 3 heteroatoms. The molecular formula is C18H20BrClO. The lowest BCUT2D eigenvalue weighted by molar-refractivity contribution is 0.413. The molecule has 0 heterocycles. The van der Waals surface area contributed by atoms with Gasteiger partial charge in [0.2, 0.25) is 0 Å². The maximum Gasteiger partial charge on any atom is 0.119 e. The zero-order valence-corrected chi connectivity index (χ0v) is 14.7. The predicted octanol–water partition coefficient (Wildman–Crippen LogP) is 5.41. The van der Waals surface area contributed by atoms with Crippen molar-refractivity contribution in [3.63, 3.8) is 0 Å². The fourth-order valence-corrected chi connectivity index (χ4v) is 3.13. The third-order valence-electron chi connectivity index (χ3n) is 3.59. The fourth-order valence-electron chi connectivity index (χ4n) is 2.50. The van der Waals surface area contributed by atoms with E-state index in [1.165, 1.54) is 16.7 Å². The second-order valence-electron chi connectivity index (χ2n) is 5.37. The highest BCUT2D eigenvalue weighted by Crippen LogP contribution is 2.26. The summed E-state index contributed by atoms with van der Waals surface area (Å²) in [4.78, 5) is 0. The van der Waals surface area contributed by atoms with E-state index in [-0.39, 0.29) is 0 Å². The average Bonchev–Trinajstić information content (AvgIpc) is 2.48. The van der Waals surface area contributed by atoms with Crippen LogP contribution < -0.4 is 4.74 Å². The van der Waals surface area contributed by atoms with E-state index >= 15 is 0 Å². The van der Waals surface area contributed by atoms with Crippen LogP contribution in [0, 0.1) is 12.8 Å². The largest absolute Gasteiger partial charge is 0.497 e. The molecule has 0 aliphatic rings. The molecule has 2 aromatic carbocycles. The molecule has 0 amide bonds. The molecule has 0 N–H and O–H groups in total. The second-order valence-corrected chi connectivity index (χ2v) is 6.54. The van der Waals surface area contributed by atoms with Crippen molar-refractivity contribution >= 4 is 27.5 Å². The van der Waals surface area contributed by atoms with Crippen molar-refractivity contribution in [3.8, 4) is 5.75 Å². The summed E-state index contributed by atoms with van der Waals surface area (Å²) in [7, 11) is 1.69. The van der Waals surface area contributed by atoms with Crippen LogP contribution >= 0.6 is 27.5 Å². The van der Waals surface area contributed by atoms with E-state index in [9.17, 15) is 0 Å². The Balaban J connectivity index is 2.12. The van der Waals surface area contributed by atoms with Crippen LogP contribution in [0.15, 0.2) is 46.9 Å². The van der Waals surface area contributed by atoms with Gasteiger partial charge in [0.25, 0.3) is 0 Å². The Hall–Kier alpha value is -0.990. The topological polar surface area (TPSA) is 9.23 Å². The molecule has 2 aromatic rings. The molecule has 0 saturated heterocycles. The molecular weight excluding hydrogens is 348 g/mol. The zero-order chi connectivity index (χ0) is 15.2. The van der Waals surface area contributed by atoms with Gasteiger partial charge in [-0.25, -0.2) is 0 Å². The smallest absolute Gasteiger partial charge is 0.119 e. The summed E-state index contributed by atoms with van der Waals surface area (Å²) in [5.74, 6) is 1.95. The molecule has 0 aliphatic heterocycles. The quantitative estimate of drug-likeness (QED) is 0.621. The minimum absolute atomic E-state index is 0.414. The Bertz CT molecular complexity index is 598. The van der Waals surface area contributed by atoms with Crippen LogP contribution in [0.3, 0.4) is 0 Å². The summed E-state index contributed by atoms with van der Waals surface area (Å²) < 4.78 is 6.42. The van der Waals surface area contributed by atoms with Crippen molar-refractivity contribution in [3.05, 3.63) is 63.6 Å². The van der Waals surface area contributed by atoms with Crippen LogP contribution in [0.2, 0.25) is 0 Å². The highest BCUT2D eigenvalue weighted by molar-refractivity contribution is 9.10. The number of methoxy groups -OCH3 is 1. The maximum atomic E-state index is 6.19. The van der Waals surface area contributed by atoms with Crippen LogP contribution in [0.25, 0.3) is 0 Å². The van der Waals surface area contributed by atoms with E-state index in [1.54, 1.807) is 7.11 Å². The fraction of sp³-hybridized carbons (Fsp3) is 0.333. The number of benzene rings is 2. The summed E-state index contributed by atoms with van der Waals surface area (Å²) in [6.07, 6.45) is 1.93. The number of aryl methyl sites for hydroxylation is 1. The Kier molecular flexibility index (Phi) is 6.13. The number of hydrogen-bond acceptors (Lipinski definition) is 1. The normalized spacial score (nSPS) is 12.2. The van der Waals surface area contributed by atoms with Crippen LogP contribution in [-0.4, -0.2) is 13.0 Å². The first kappa shape index (κ1) is 16.4. The van der Waals surface area contributed by atoms with Gasteiger partial charge < -0.3 is 4.74 Å². The van der Waals surface area contributed by atoms with Crippen molar-refractivity contribution in [1.29, 1.82) is 0 Å². The van der Waals surface area contributed by atoms with E-state index in [0.717, 1.165) is 23.1 Å². The van der Waals surface area contributed by atoms with Gasteiger partial charge in [-0.1, -0.05) is 45.8 Å². The van der Waals surface area contributed by atoms with Crippen molar-refractivity contribution in [2.75, 3.05) is 13.0 Å². The highest BCUT2D eigenvalue weighted by atomic mass is 79.9. The molecule has 0 aromatic heterocycles. The Morgan fingerprint density at radius 1 is 1.14 bits per heavy atom. The van der Waals surface area contributed by atoms with E-state index < -0.39 is 0 Å². The number of hydrogen-bond donors (Lipinski definition) is 0. The van der Waals surface area contributed by atoms with Crippen LogP contribution in [-0.2, 0) is 12.8 Å². The maximum absolute atomic E-state index is 6.19. The van der Waals surface area contributed by atoms with Gasteiger partial charge in [0, 0.05) is 10.4 Å². The van der Waals surface area contributed by atoms with Crippen molar-refractivity contribution in [2.24, 2.45) is 5.92 Å². The zero-order valence-electron chi connectivity index (χ0n) is 12.4. The first-order chi connectivity index (χ1) is 10.1. The van der Waals surface area contributed by atoms with Gasteiger partial charge >= 0.3 is 0 Å². The summed E-state index contributed by atoms with van der Waals surface area (Å²) in [6.45, 7) is 2.12. The molecule has 0 radical (unpaired) electrons. The third kappa shape index (κ3) is 4.76. The minimum Gasteiger partial charge on any atom is -0.497 e. The van der Waals surface area contributed by atoms with E-state index in [2.05, 4.69) is 53.2 Å². The van der Waals surface area contributed by atoms with Gasteiger partial charge in [0.05, 0.1) is 7.11 Å². The van der Waals surface area contributed by atoms with Crippen molar-refractivity contribution in [1.82, 2.24) is 0 Å². The van der Waals surface area contributed by atoms with Crippen LogP contribution in [0.5, 0.6) is 5.75 Å². The number of ether oxygens (including phenoxy) is 1. The molecule has 0 fully saturated rings. The van der Waals surface area contributed by atoms with Crippen LogP contribution in [0.1, 0.15) is 16.7 Å². The average molecular weight is 368 g/mol. The molecule has 0 bridgehead atoms. The lowest BCUT2D eigenvalue weighted by atomic mass is 9.93. The Labute approximate surface area is 140 Å². The predicted molar refractivity (Wildman–Crippen MR) is 93.5 cm³/mol. The molecule has 21 heavy (non-hydrogen) atoms. The first-order valence-corrected chi connectivity index (χ1v) is 8.39. The van der Waals surface area contributed by atoms with Crippen molar-refractivity contribution < 1.29 is 4.74 Å². The minimum atomic E-state index is 0.414. The van der Waals surface area contributed by atoms with Gasteiger partial charge in [0.15, 0.2) is 0 Å². The van der Waals surface area contributed by atoms with Gasteiger partial charge in [-0.05, 0) is 55.0 Å². The number of alkyl halides is 1. The number of halogens is 2. The van der Waals surface area contributed by atoms with Crippen LogP contribution in [0.4, 0.5) is 0 Å². The summed E-state index contributed by atoms with van der Waals surface area (Å²) in [6, 6.07) is 14.7. The van der Waals surface area contributed by atoms with Gasteiger partial charge in [-0.2, -0.15) is 0 Å². The standard InChI is InChI=1S/C18H20BrClO/c1-13-4-3-5-14(8-13)9-15(12-20)10-16-11-17(21-2)6-7-18(16)19/h3-8,11,15H,9-10,12H2,1-2H3. The number of rotatable bonds is 6. The summed E-state index contributed by atoms with van der Waals surface area (Å²) in [5.41, 5.74) is 3.88. The van der Waals surface area contributed by atoms with E-state index in [1.807, 2.05) is 12.1 Å². The molecule has 112 valence electrons. The highest BCUT2D eigenvalue weighted by Gasteiger charge is 2.13. The molecule has 0 aliphatic carbocycles. The Morgan fingerprint density at radius 2 is 1.95 bits per heavy atom. The first-order valence-electron chi connectivity index (χ1n) is 7.06. The van der Waals surface area contributed by atoms with Gasteiger partial charge in [-0.3, -0.25) is 0 Å². The van der Waals surface area contributed by atoms with E-state index in [0.29, 0.717) is 11.8 Å². The molecule has 0 saturated carbocycles. The van der Waals surface area contributed by atoms with Crippen molar-refractivity contribution in [2.45, 2.75) is 19.8 Å². The lowest BCUT2D eigenvalue weighted by Gasteiger charge is -2.16.